The first kappa shape index (κ1) is 10.9. The topological polar surface area (TPSA) is 15.3 Å². The van der Waals surface area contributed by atoms with Gasteiger partial charge in [-0.2, -0.15) is 0 Å². The summed E-state index contributed by atoms with van der Waals surface area (Å²) in [6.45, 7) is 0. The summed E-state index contributed by atoms with van der Waals surface area (Å²) in [5.41, 5.74) is 2.55. The van der Waals surface area contributed by atoms with E-state index in [9.17, 15) is 0 Å². The Labute approximate surface area is 104 Å². The maximum atomic E-state index is 3.72. The highest BCUT2D eigenvalue weighted by Crippen LogP contribution is 2.50. The maximum Gasteiger partial charge on any atom is 0.0362 e. The van der Waals surface area contributed by atoms with Crippen LogP contribution in [0.3, 0.4) is 0 Å². The van der Waals surface area contributed by atoms with Crippen LogP contribution in [0.1, 0.15) is 25.7 Å². The smallest absolute Gasteiger partial charge is 0.0362 e. The highest BCUT2D eigenvalue weighted by Gasteiger charge is 2.44. The lowest BCUT2D eigenvalue weighted by Crippen LogP contribution is -2.25. The first-order valence-corrected chi connectivity index (χ1v) is 6.78. The fourth-order valence-electron chi connectivity index (χ4n) is 3.16. The van der Waals surface area contributed by atoms with Gasteiger partial charge in [-0.1, -0.05) is 12.8 Å². The Hall–Kier alpha value is -1.18. The van der Waals surface area contributed by atoms with Gasteiger partial charge in [0.2, 0.25) is 0 Å². The largest absolute Gasteiger partial charge is 0.382 e. The Bertz CT molecular complexity index is 382. The van der Waals surface area contributed by atoms with Gasteiger partial charge in [-0.25, -0.2) is 0 Å². The summed E-state index contributed by atoms with van der Waals surface area (Å²) in [5, 5.41) is 3.72. The zero-order valence-electron chi connectivity index (χ0n) is 10.8. The van der Waals surface area contributed by atoms with Crippen LogP contribution in [0, 0.1) is 11.8 Å². The molecule has 2 aliphatic carbocycles. The lowest BCUT2D eigenvalue weighted by Gasteiger charge is -2.24. The SMILES string of the molecule is CN(C)c1ccc(NC2CCCC3CC32)cc1. The standard InChI is InChI=1S/C15H22N2/c1-17(2)13-8-6-12(7-9-13)16-15-5-3-4-11-10-14(11)15/h6-9,11,14-16H,3-5,10H2,1-2H3. The van der Waals surface area contributed by atoms with Crippen LogP contribution in [-0.4, -0.2) is 20.1 Å². The Morgan fingerprint density at radius 1 is 1.12 bits per heavy atom. The Morgan fingerprint density at radius 3 is 2.59 bits per heavy atom. The number of rotatable bonds is 3. The Morgan fingerprint density at radius 2 is 1.88 bits per heavy atom. The van der Waals surface area contributed by atoms with Crippen molar-refractivity contribution in [3.8, 4) is 0 Å². The zero-order valence-corrected chi connectivity index (χ0v) is 10.8. The second kappa shape index (κ2) is 4.25. The molecule has 0 aromatic heterocycles. The summed E-state index contributed by atoms with van der Waals surface area (Å²) in [4.78, 5) is 2.14. The van der Waals surface area contributed by atoms with Crippen LogP contribution >= 0.6 is 0 Å². The molecule has 2 saturated carbocycles. The molecular weight excluding hydrogens is 208 g/mol. The van der Waals surface area contributed by atoms with Gasteiger partial charge in [0.25, 0.3) is 0 Å². The van der Waals surface area contributed by atoms with Crippen molar-refractivity contribution in [1.82, 2.24) is 0 Å². The molecule has 0 aliphatic heterocycles. The Kier molecular flexibility index (Phi) is 2.73. The molecule has 2 heteroatoms. The van der Waals surface area contributed by atoms with E-state index >= 15 is 0 Å². The minimum atomic E-state index is 0.735. The third kappa shape index (κ3) is 2.26. The minimum absolute atomic E-state index is 0.735. The van der Waals surface area contributed by atoms with Crippen LogP contribution in [-0.2, 0) is 0 Å². The van der Waals surface area contributed by atoms with Gasteiger partial charge < -0.3 is 10.2 Å². The van der Waals surface area contributed by atoms with Gasteiger partial charge in [0.05, 0.1) is 0 Å². The van der Waals surface area contributed by atoms with Crippen LogP contribution in [0.4, 0.5) is 11.4 Å². The van der Waals surface area contributed by atoms with E-state index in [-0.39, 0.29) is 0 Å². The number of benzene rings is 1. The van der Waals surface area contributed by atoms with E-state index in [2.05, 4.69) is 48.6 Å². The number of hydrogen-bond acceptors (Lipinski definition) is 2. The highest BCUT2D eigenvalue weighted by atomic mass is 15.1. The zero-order chi connectivity index (χ0) is 11.8. The predicted octanol–water partition coefficient (Wildman–Crippen LogP) is 3.35. The van der Waals surface area contributed by atoms with Gasteiger partial charge in [0.1, 0.15) is 0 Å². The van der Waals surface area contributed by atoms with Crippen molar-refractivity contribution in [2.24, 2.45) is 11.8 Å². The van der Waals surface area contributed by atoms with Crippen molar-refractivity contribution in [3.05, 3.63) is 24.3 Å². The molecule has 0 radical (unpaired) electrons. The summed E-state index contributed by atoms with van der Waals surface area (Å²) < 4.78 is 0. The van der Waals surface area contributed by atoms with E-state index in [1.54, 1.807) is 0 Å². The quantitative estimate of drug-likeness (QED) is 0.856. The van der Waals surface area contributed by atoms with Crippen LogP contribution < -0.4 is 10.2 Å². The molecule has 1 N–H and O–H groups in total. The molecule has 3 unspecified atom stereocenters. The van der Waals surface area contributed by atoms with Crippen molar-refractivity contribution in [2.45, 2.75) is 31.7 Å². The number of nitrogens with one attached hydrogen (secondary N) is 1. The van der Waals surface area contributed by atoms with Crippen LogP contribution in [0.5, 0.6) is 0 Å². The second-order valence-electron chi connectivity index (χ2n) is 5.78. The fourth-order valence-corrected chi connectivity index (χ4v) is 3.16. The molecule has 3 atom stereocenters. The second-order valence-corrected chi connectivity index (χ2v) is 5.78. The molecule has 17 heavy (non-hydrogen) atoms. The highest BCUT2D eigenvalue weighted by molar-refractivity contribution is 5.54. The normalized spacial score (nSPS) is 30.6. The number of hydrogen-bond donors (Lipinski definition) is 1. The summed E-state index contributed by atoms with van der Waals surface area (Å²) in [5.74, 6) is 2.01. The van der Waals surface area contributed by atoms with E-state index in [4.69, 9.17) is 0 Å². The van der Waals surface area contributed by atoms with E-state index in [1.165, 1.54) is 37.1 Å². The molecule has 1 aromatic rings. The molecular formula is C15H22N2. The molecule has 0 amide bonds. The van der Waals surface area contributed by atoms with Gasteiger partial charge in [0, 0.05) is 31.5 Å². The van der Waals surface area contributed by atoms with Crippen molar-refractivity contribution in [2.75, 3.05) is 24.3 Å². The lowest BCUT2D eigenvalue weighted by atomic mass is 9.95. The summed E-state index contributed by atoms with van der Waals surface area (Å²) >= 11 is 0. The van der Waals surface area contributed by atoms with Crippen LogP contribution in [0.2, 0.25) is 0 Å². The summed E-state index contributed by atoms with van der Waals surface area (Å²) in [6.07, 6.45) is 5.71. The van der Waals surface area contributed by atoms with Crippen LogP contribution in [0.15, 0.2) is 24.3 Å². The summed E-state index contributed by atoms with van der Waals surface area (Å²) in [7, 11) is 4.16. The minimum Gasteiger partial charge on any atom is -0.382 e. The Balaban J connectivity index is 1.64. The molecule has 0 heterocycles. The average molecular weight is 230 g/mol. The van der Waals surface area contributed by atoms with Gasteiger partial charge in [0.15, 0.2) is 0 Å². The van der Waals surface area contributed by atoms with Gasteiger partial charge in [-0.3, -0.25) is 0 Å². The number of nitrogens with zero attached hydrogens (tertiary/aromatic N) is 1. The van der Waals surface area contributed by atoms with Crippen molar-refractivity contribution >= 4 is 11.4 Å². The molecule has 2 aliphatic rings. The van der Waals surface area contributed by atoms with E-state index in [1.807, 2.05) is 0 Å². The molecule has 2 nitrogen and oxygen atoms in total. The first-order chi connectivity index (χ1) is 8.24. The molecule has 0 saturated heterocycles. The molecule has 2 fully saturated rings. The number of fused-ring (bicyclic) bond motifs is 1. The molecule has 1 aromatic carbocycles. The van der Waals surface area contributed by atoms with Gasteiger partial charge in [-0.05, 0) is 48.9 Å². The van der Waals surface area contributed by atoms with E-state index in [0.717, 1.165) is 17.9 Å². The van der Waals surface area contributed by atoms with Gasteiger partial charge >= 0.3 is 0 Å². The maximum absolute atomic E-state index is 3.72. The van der Waals surface area contributed by atoms with Crippen molar-refractivity contribution in [1.29, 1.82) is 0 Å². The lowest BCUT2D eigenvalue weighted by molar-refractivity contribution is 0.440. The third-order valence-electron chi connectivity index (χ3n) is 4.32. The van der Waals surface area contributed by atoms with Gasteiger partial charge in [-0.15, -0.1) is 0 Å². The van der Waals surface area contributed by atoms with Crippen LogP contribution in [0.25, 0.3) is 0 Å². The van der Waals surface area contributed by atoms with E-state index in [0.29, 0.717) is 0 Å². The van der Waals surface area contributed by atoms with Crippen molar-refractivity contribution < 1.29 is 0 Å². The monoisotopic (exact) mass is 230 g/mol. The first-order valence-electron chi connectivity index (χ1n) is 6.78. The average Bonchev–Trinajstić information content (AvgIpc) is 3.10. The molecule has 92 valence electrons. The molecule has 0 spiro atoms. The van der Waals surface area contributed by atoms with E-state index < -0.39 is 0 Å². The predicted molar refractivity (Wildman–Crippen MR) is 73.6 cm³/mol. The fraction of sp³-hybridized carbons (Fsp3) is 0.600. The summed E-state index contributed by atoms with van der Waals surface area (Å²) in [6, 6.07) is 9.53. The van der Waals surface area contributed by atoms with Crippen molar-refractivity contribution in [3.63, 3.8) is 0 Å². The molecule has 3 rings (SSSR count). The third-order valence-corrected chi connectivity index (χ3v) is 4.32. The molecule has 0 bridgehead atoms. The number of anilines is 2.